The third-order valence-electron chi connectivity index (χ3n) is 4.88. The van der Waals surface area contributed by atoms with E-state index in [9.17, 15) is 14.7 Å². The molecule has 3 N–H and O–H groups in total. The number of amides is 1. The van der Waals surface area contributed by atoms with Crippen molar-refractivity contribution in [3.8, 4) is 0 Å². The van der Waals surface area contributed by atoms with Crippen molar-refractivity contribution in [2.75, 3.05) is 13.1 Å². The predicted molar refractivity (Wildman–Crippen MR) is 71.7 cm³/mol. The van der Waals surface area contributed by atoms with Crippen LogP contribution in [0, 0.1) is 17.3 Å². The van der Waals surface area contributed by atoms with E-state index in [4.69, 9.17) is 0 Å². The van der Waals surface area contributed by atoms with Crippen molar-refractivity contribution in [3.05, 3.63) is 0 Å². The quantitative estimate of drug-likeness (QED) is 0.695. The van der Waals surface area contributed by atoms with E-state index in [2.05, 4.69) is 10.6 Å². The number of piperidine rings is 1. The summed E-state index contributed by atoms with van der Waals surface area (Å²) in [6, 6.07) is -0.753. The molecule has 3 atom stereocenters. The number of rotatable bonds is 5. The van der Waals surface area contributed by atoms with Gasteiger partial charge in [-0.05, 0) is 43.7 Å². The lowest BCUT2D eigenvalue weighted by atomic mass is 9.91. The van der Waals surface area contributed by atoms with E-state index < -0.39 is 12.0 Å². The van der Waals surface area contributed by atoms with Gasteiger partial charge in [-0.1, -0.05) is 20.3 Å². The number of carboxylic acid groups (broad SMARTS) is 1. The molecule has 1 saturated carbocycles. The average molecular weight is 268 g/mol. The molecule has 108 valence electrons. The van der Waals surface area contributed by atoms with Crippen LogP contribution in [-0.2, 0) is 9.59 Å². The number of carbonyl (C=O) groups excluding carboxylic acids is 1. The molecular formula is C14H24N2O3. The number of aliphatic carboxylic acids is 1. The fourth-order valence-corrected chi connectivity index (χ4v) is 3.13. The highest BCUT2D eigenvalue weighted by atomic mass is 16.4. The normalized spacial score (nSPS) is 27.6. The molecule has 19 heavy (non-hydrogen) atoms. The molecule has 0 radical (unpaired) electrons. The second-order valence-electron chi connectivity index (χ2n) is 6.08. The van der Waals surface area contributed by atoms with Gasteiger partial charge in [-0.15, -0.1) is 0 Å². The first-order valence-corrected chi connectivity index (χ1v) is 7.24. The summed E-state index contributed by atoms with van der Waals surface area (Å²) >= 11 is 0. The summed E-state index contributed by atoms with van der Waals surface area (Å²) < 4.78 is 0. The van der Waals surface area contributed by atoms with Crippen LogP contribution in [0.5, 0.6) is 0 Å². The monoisotopic (exact) mass is 268 g/mol. The summed E-state index contributed by atoms with van der Waals surface area (Å²) in [5.74, 6) is -0.998. The Bertz CT molecular complexity index is 364. The van der Waals surface area contributed by atoms with Gasteiger partial charge in [-0.2, -0.15) is 0 Å². The molecule has 1 saturated heterocycles. The molecule has 1 aliphatic heterocycles. The number of hydrogen-bond acceptors (Lipinski definition) is 3. The topological polar surface area (TPSA) is 78.4 Å². The minimum Gasteiger partial charge on any atom is -0.480 e. The zero-order chi connectivity index (χ0) is 14.0. The Morgan fingerprint density at radius 1 is 1.42 bits per heavy atom. The zero-order valence-electron chi connectivity index (χ0n) is 11.7. The van der Waals surface area contributed by atoms with Crippen molar-refractivity contribution in [3.63, 3.8) is 0 Å². The van der Waals surface area contributed by atoms with Crippen molar-refractivity contribution < 1.29 is 14.7 Å². The number of nitrogens with one attached hydrogen (secondary N) is 2. The number of carboxylic acids is 1. The minimum atomic E-state index is -0.928. The van der Waals surface area contributed by atoms with Gasteiger partial charge in [0.25, 0.3) is 0 Å². The second kappa shape index (κ2) is 5.49. The Morgan fingerprint density at radius 2 is 2.05 bits per heavy atom. The van der Waals surface area contributed by atoms with E-state index in [0.29, 0.717) is 0 Å². The summed E-state index contributed by atoms with van der Waals surface area (Å²) in [6.07, 6.45) is 3.74. The van der Waals surface area contributed by atoms with Gasteiger partial charge >= 0.3 is 5.97 Å². The first kappa shape index (κ1) is 14.3. The van der Waals surface area contributed by atoms with E-state index in [0.717, 1.165) is 38.8 Å². The Kier molecular flexibility index (Phi) is 4.13. The predicted octanol–water partition coefficient (Wildman–Crippen LogP) is 0.992. The molecule has 2 aliphatic rings. The third-order valence-corrected chi connectivity index (χ3v) is 4.88. The summed E-state index contributed by atoms with van der Waals surface area (Å²) in [6.45, 7) is 5.75. The maximum atomic E-state index is 12.2. The van der Waals surface area contributed by atoms with Gasteiger partial charge in [0.15, 0.2) is 0 Å². The zero-order valence-corrected chi connectivity index (χ0v) is 11.7. The van der Waals surface area contributed by atoms with Crippen molar-refractivity contribution in [2.24, 2.45) is 17.3 Å². The SMILES string of the molecule is CCC(C)C(NC(=O)C1CC12CCNCC2)C(=O)O. The van der Waals surface area contributed by atoms with Gasteiger partial charge in [0.1, 0.15) is 6.04 Å². The van der Waals surface area contributed by atoms with Crippen molar-refractivity contribution in [1.29, 1.82) is 0 Å². The molecule has 5 heteroatoms. The van der Waals surface area contributed by atoms with Crippen molar-refractivity contribution in [1.82, 2.24) is 10.6 Å². The number of hydrogen-bond donors (Lipinski definition) is 3. The molecule has 1 heterocycles. The Balaban J connectivity index is 1.92. The van der Waals surface area contributed by atoms with Crippen LogP contribution in [0.3, 0.4) is 0 Å². The Labute approximate surface area is 114 Å². The molecule has 1 spiro atoms. The van der Waals surface area contributed by atoms with E-state index in [1.807, 2.05) is 13.8 Å². The van der Waals surface area contributed by atoms with Gasteiger partial charge in [-0.25, -0.2) is 4.79 Å². The highest BCUT2D eigenvalue weighted by Gasteiger charge is 2.58. The highest BCUT2D eigenvalue weighted by Crippen LogP contribution is 2.58. The van der Waals surface area contributed by atoms with E-state index in [-0.39, 0.29) is 23.2 Å². The molecule has 0 aromatic carbocycles. The van der Waals surface area contributed by atoms with E-state index in [1.165, 1.54) is 0 Å². The van der Waals surface area contributed by atoms with Gasteiger partial charge in [0, 0.05) is 5.92 Å². The van der Waals surface area contributed by atoms with Crippen molar-refractivity contribution >= 4 is 11.9 Å². The highest BCUT2D eigenvalue weighted by molar-refractivity contribution is 5.87. The van der Waals surface area contributed by atoms with E-state index in [1.54, 1.807) is 0 Å². The van der Waals surface area contributed by atoms with Gasteiger partial charge in [0.05, 0.1) is 0 Å². The molecule has 5 nitrogen and oxygen atoms in total. The maximum Gasteiger partial charge on any atom is 0.326 e. The molecule has 0 aromatic rings. The standard InChI is InChI=1S/C14H24N2O3/c1-3-9(2)11(13(18)19)16-12(17)10-8-14(10)4-6-15-7-5-14/h9-11,15H,3-8H2,1-2H3,(H,16,17)(H,18,19). The number of carbonyl (C=O) groups is 2. The summed E-state index contributed by atoms with van der Waals surface area (Å²) in [5, 5.41) is 15.2. The van der Waals surface area contributed by atoms with Gasteiger partial charge in [-0.3, -0.25) is 4.79 Å². The lowest BCUT2D eigenvalue weighted by Gasteiger charge is -2.24. The summed E-state index contributed by atoms with van der Waals surface area (Å²) in [5.41, 5.74) is 0.161. The Hall–Kier alpha value is -1.10. The van der Waals surface area contributed by atoms with Crippen LogP contribution in [0.4, 0.5) is 0 Å². The molecule has 2 fully saturated rings. The third kappa shape index (κ3) is 2.91. The minimum absolute atomic E-state index is 0.0282. The summed E-state index contributed by atoms with van der Waals surface area (Å²) in [4.78, 5) is 23.4. The van der Waals surface area contributed by atoms with Crippen LogP contribution in [0.1, 0.15) is 39.5 Å². The molecular weight excluding hydrogens is 244 g/mol. The van der Waals surface area contributed by atoms with Crippen LogP contribution in [0.2, 0.25) is 0 Å². The van der Waals surface area contributed by atoms with Gasteiger partial charge in [0.2, 0.25) is 5.91 Å². The van der Waals surface area contributed by atoms with Crippen LogP contribution >= 0.6 is 0 Å². The fraction of sp³-hybridized carbons (Fsp3) is 0.857. The molecule has 2 rings (SSSR count). The first-order chi connectivity index (χ1) is 9.00. The fourth-order valence-electron chi connectivity index (χ4n) is 3.13. The lowest BCUT2D eigenvalue weighted by Crippen LogP contribution is -2.46. The van der Waals surface area contributed by atoms with Crippen molar-refractivity contribution in [2.45, 2.75) is 45.6 Å². The molecule has 0 bridgehead atoms. The van der Waals surface area contributed by atoms with Crippen LogP contribution in [-0.4, -0.2) is 36.1 Å². The first-order valence-electron chi connectivity index (χ1n) is 7.24. The van der Waals surface area contributed by atoms with Crippen LogP contribution in [0.15, 0.2) is 0 Å². The maximum absolute atomic E-state index is 12.2. The van der Waals surface area contributed by atoms with Crippen LogP contribution in [0.25, 0.3) is 0 Å². The van der Waals surface area contributed by atoms with Crippen LogP contribution < -0.4 is 10.6 Å². The average Bonchev–Trinajstić information content (AvgIpc) is 3.09. The lowest BCUT2D eigenvalue weighted by molar-refractivity contribution is -0.143. The summed E-state index contributed by atoms with van der Waals surface area (Å²) in [7, 11) is 0. The molecule has 0 aromatic heterocycles. The molecule has 3 unspecified atom stereocenters. The largest absolute Gasteiger partial charge is 0.480 e. The Morgan fingerprint density at radius 3 is 2.58 bits per heavy atom. The molecule has 1 aliphatic carbocycles. The second-order valence-corrected chi connectivity index (χ2v) is 6.08. The smallest absolute Gasteiger partial charge is 0.326 e. The van der Waals surface area contributed by atoms with Gasteiger partial charge < -0.3 is 15.7 Å². The molecule has 1 amide bonds. The van der Waals surface area contributed by atoms with E-state index >= 15 is 0 Å².